The summed E-state index contributed by atoms with van der Waals surface area (Å²) < 4.78 is 17.6. The molecule has 0 saturated heterocycles. The summed E-state index contributed by atoms with van der Waals surface area (Å²) in [6.45, 7) is 0.795. The maximum atomic E-state index is 11.0. The third-order valence-corrected chi connectivity index (χ3v) is 3.86. The van der Waals surface area contributed by atoms with Gasteiger partial charge in [-0.1, -0.05) is 11.6 Å². The van der Waals surface area contributed by atoms with Gasteiger partial charge in [-0.15, -0.1) is 0 Å². The molecule has 0 aromatic carbocycles. The number of methoxy groups -OCH3 is 1. The zero-order valence-corrected chi connectivity index (χ0v) is 15.1. The lowest BCUT2D eigenvalue weighted by atomic mass is 10.3. The average Bonchev–Trinajstić information content (AvgIpc) is 3.05. The standard InChI is InChI=1S/C15H15ClN6O5/c1-17-14-13(16)11(6-19-15(14)22(23)24)27-10-7-20-21-8-12(18-5-9(10)21)26-4-3-25-2/h5-8,17H,3-4H2,1-2H3. The molecule has 0 unspecified atom stereocenters. The Morgan fingerprint density at radius 1 is 1.26 bits per heavy atom. The van der Waals surface area contributed by atoms with Crippen molar-refractivity contribution in [3.8, 4) is 17.4 Å². The molecule has 1 N–H and O–H groups in total. The Balaban J connectivity index is 1.88. The van der Waals surface area contributed by atoms with Gasteiger partial charge in [0.05, 0.1) is 25.2 Å². The molecule has 142 valence electrons. The SMILES string of the molecule is CNc1c([N+](=O)[O-])ncc(Oc2cnn3cc(OCCOC)ncc23)c1Cl. The fourth-order valence-corrected chi connectivity index (χ4v) is 2.51. The molecule has 0 spiro atoms. The van der Waals surface area contributed by atoms with E-state index in [4.69, 9.17) is 25.8 Å². The molecular formula is C15H15ClN6O5. The van der Waals surface area contributed by atoms with Gasteiger partial charge in [-0.05, 0) is 9.91 Å². The van der Waals surface area contributed by atoms with Gasteiger partial charge in [0.1, 0.15) is 17.1 Å². The van der Waals surface area contributed by atoms with Crippen LogP contribution in [0.2, 0.25) is 5.02 Å². The Morgan fingerprint density at radius 3 is 2.78 bits per heavy atom. The molecule has 0 atom stereocenters. The largest absolute Gasteiger partial charge is 0.474 e. The van der Waals surface area contributed by atoms with Crippen molar-refractivity contribution in [2.24, 2.45) is 0 Å². The highest BCUT2D eigenvalue weighted by molar-refractivity contribution is 6.35. The molecule has 0 fully saturated rings. The minimum absolute atomic E-state index is 0.0334. The van der Waals surface area contributed by atoms with Crippen molar-refractivity contribution >= 4 is 28.6 Å². The smallest absolute Gasteiger partial charge is 0.388 e. The lowest BCUT2D eigenvalue weighted by Gasteiger charge is -2.09. The molecular weight excluding hydrogens is 380 g/mol. The fraction of sp³-hybridized carbons (Fsp3) is 0.267. The van der Waals surface area contributed by atoms with Gasteiger partial charge >= 0.3 is 5.82 Å². The average molecular weight is 395 g/mol. The maximum Gasteiger partial charge on any atom is 0.388 e. The Hall–Kier alpha value is -3.18. The van der Waals surface area contributed by atoms with Crippen LogP contribution in [-0.4, -0.2) is 51.9 Å². The van der Waals surface area contributed by atoms with Gasteiger partial charge in [-0.25, -0.2) is 9.50 Å². The number of aromatic nitrogens is 4. The molecule has 12 heteroatoms. The first-order valence-electron chi connectivity index (χ1n) is 7.68. The van der Waals surface area contributed by atoms with E-state index in [-0.39, 0.29) is 16.5 Å². The van der Waals surface area contributed by atoms with Crippen molar-refractivity contribution in [1.82, 2.24) is 19.6 Å². The van der Waals surface area contributed by atoms with E-state index in [0.29, 0.717) is 30.4 Å². The van der Waals surface area contributed by atoms with Crippen LogP contribution < -0.4 is 14.8 Å². The first kappa shape index (κ1) is 18.6. The lowest BCUT2D eigenvalue weighted by Crippen LogP contribution is -2.06. The monoisotopic (exact) mass is 394 g/mol. The Bertz CT molecular complexity index is 979. The summed E-state index contributed by atoms with van der Waals surface area (Å²) in [5, 5.41) is 17.9. The number of anilines is 1. The number of pyridine rings is 1. The number of hydrogen-bond donors (Lipinski definition) is 1. The van der Waals surface area contributed by atoms with Crippen LogP contribution in [0.15, 0.2) is 24.8 Å². The zero-order chi connectivity index (χ0) is 19.4. The second-order valence-electron chi connectivity index (χ2n) is 5.15. The van der Waals surface area contributed by atoms with Crippen LogP contribution in [0.25, 0.3) is 5.52 Å². The number of hydrogen-bond acceptors (Lipinski definition) is 9. The van der Waals surface area contributed by atoms with Crippen LogP contribution >= 0.6 is 11.6 Å². The molecule has 3 rings (SSSR count). The molecule has 0 radical (unpaired) electrons. The summed E-state index contributed by atoms with van der Waals surface area (Å²) >= 11 is 6.22. The van der Waals surface area contributed by atoms with Gasteiger partial charge in [0.25, 0.3) is 0 Å². The highest BCUT2D eigenvalue weighted by atomic mass is 35.5. The van der Waals surface area contributed by atoms with E-state index in [1.54, 1.807) is 13.3 Å². The highest BCUT2D eigenvalue weighted by Gasteiger charge is 2.23. The molecule has 3 heterocycles. The van der Waals surface area contributed by atoms with Crippen LogP contribution in [-0.2, 0) is 4.74 Å². The van der Waals surface area contributed by atoms with Gasteiger partial charge in [0.2, 0.25) is 5.88 Å². The van der Waals surface area contributed by atoms with E-state index in [2.05, 4.69) is 20.4 Å². The molecule has 0 aliphatic heterocycles. The highest BCUT2D eigenvalue weighted by Crippen LogP contribution is 2.39. The Kier molecular flexibility index (Phi) is 5.52. The second-order valence-corrected chi connectivity index (χ2v) is 5.53. The van der Waals surface area contributed by atoms with Crippen LogP contribution in [0.4, 0.5) is 11.5 Å². The third-order valence-electron chi connectivity index (χ3n) is 3.49. The molecule has 0 saturated carbocycles. The zero-order valence-electron chi connectivity index (χ0n) is 14.4. The van der Waals surface area contributed by atoms with Crippen molar-refractivity contribution in [2.45, 2.75) is 0 Å². The van der Waals surface area contributed by atoms with Crippen molar-refractivity contribution in [3.05, 3.63) is 39.9 Å². The number of nitrogens with zero attached hydrogens (tertiary/aromatic N) is 5. The molecule has 0 bridgehead atoms. The predicted molar refractivity (Wildman–Crippen MR) is 95.9 cm³/mol. The number of ether oxygens (including phenoxy) is 3. The van der Waals surface area contributed by atoms with Crippen molar-refractivity contribution in [3.63, 3.8) is 0 Å². The summed E-state index contributed by atoms with van der Waals surface area (Å²) in [5.41, 5.74) is 0.608. The summed E-state index contributed by atoms with van der Waals surface area (Å²) in [6.07, 6.45) is 5.76. The van der Waals surface area contributed by atoms with Gasteiger partial charge < -0.3 is 29.6 Å². The van der Waals surface area contributed by atoms with E-state index >= 15 is 0 Å². The third kappa shape index (κ3) is 3.83. The van der Waals surface area contributed by atoms with E-state index in [1.807, 2.05) is 0 Å². The van der Waals surface area contributed by atoms with Gasteiger partial charge in [-0.3, -0.25) is 0 Å². The van der Waals surface area contributed by atoms with Crippen LogP contribution in [0.5, 0.6) is 17.4 Å². The first-order chi connectivity index (χ1) is 13.0. The minimum Gasteiger partial charge on any atom is -0.474 e. The topological polar surface area (TPSA) is 126 Å². The Labute approximate surface area is 158 Å². The normalized spacial score (nSPS) is 10.8. The maximum absolute atomic E-state index is 11.0. The number of nitro groups is 1. The summed E-state index contributed by atoms with van der Waals surface area (Å²) in [4.78, 5) is 18.3. The molecule has 0 aliphatic rings. The number of rotatable bonds is 8. The quantitative estimate of drug-likeness (QED) is 0.348. The van der Waals surface area contributed by atoms with Crippen LogP contribution in [0, 0.1) is 10.1 Å². The van der Waals surface area contributed by atoms with Crippen LogP contribution in [0.3, 0.4) is 0 Å². The first-order valence-corrected chi connectivity index (χ1v) is 8.06. The summed E-state index contributed by atoms with van der Waals surface area (Å²) in [7, 11) is 3.08. The van der Waals surface area contributed by atoms with Gasteiger partial charge in [0, 0.05) is 14.2 Å². The Morgan fingerprint density at radius 2 is 2.07 bits per heavy atom. The van der Waals surface area contributed by atoms with E-state index in [0.717, 1.165) is 0 Å². The van der Waals surface area contributed by atoms with E-state index in [9.17, 15) is 10.1 Å². The molecule has 0 amide bonds. The molecule has 27 heavy (non-hydrogen) atoms. The van der Waals surface area contributed by atoms with Gasteiger partial charge in [0.15, 0.2) is 23.4 Å². The molecule has 3 aromatic rings. The number of fused-ring (bicyclic) bond motifs is 1. The van der Waals surface area contributed by atoms with Crippen molar-refractivity contribution in [1.29, 1.82) is 0 Å². The number of nitrogens with one attached hydrogen (secondary N) is 1. The minimum atomic E-state index is -0.633. The van der Waals surface area contributed by atoms with Crippen molar-refractivity contribution in [2.75, 3.05) is 32.7 Å². The summed E-state index contributed by atoms with van der Waals surface area (Å²) in [6, 6.07) is 0. The van der Waals surface area contributed by atoms with Crippen LogP contribution in [0.1, 0.15) is 0 Å². The van der Waals surface area contributed by atoms with E-state index in [1.165, 1.54) is 30.2 Å². The lowest BCUT2D eigenvalue weighted by molar-refractivity contribution is -0.388. The fourth-order valence-electron chi connectivity index (χ4n) is 2.24. The molecule has 3 aromatic heterocycles. The molecule has 11 nitrogen and oxygen atoms in total. The second kappa shape index (κ2) is 8.01. The van der Waals surface area contributed by atoms with Gasteiger partial charge in [-0.2, -0.15) is 5.10 Å². The molecule has 0 aliphatic carbocycles. The predicted octanol–water partition coefficient (Wildman–Crippen LogP) is 2.55. The van der Waals surface area contributed by atoms with E-state index < -0.39 is 10.7 Å². The van der Waals surface area contributed by atoms with Crippen molar-refractivity contribution < 1.29 is 19.1 Å². The summed E-state index contributed by atoms with van der Waals surface area (Å²) in [5.74, 6) is 0.475. The number of halogens is 1.